The minimum absolute atomic E-state index is 0.298. The molecule has 0 fully saturated rings. The number of ether oxygens (including phenoxy) is 1. The van der Waals surface area contributed by atoms with Gasteiger partial charge in [-0.1, -0.05) is 10.9 Å². The lowest BCUT2D eigenvalue weighted by Crippen LogP contribution is -2.26. The molecule has 25 heavy (non-hydrogen) atoms. The van der Waals surface area contributed by atoms with E-state index in [0.717, 1.165) is 4.85 Å². The van der Waals surface area contributed by atoms with E-state index in [9.17, 15) is 14.0 Å². The molecular formula is C16H13FN4O4. The Morgan fingerprint density at radius 1 is 1.24 bits per heavy atom. The summed E-state index contributed by atoms with van der Waals surface area (Å²) >= 11 is 0. The topological polar surface area (TPSA) is 95.3 Å². The number of aromatic nitrogens is 3. The monoisotopic (exact) mass is 344 g/mol. The zero-order chi connectivity index (χ0) is 17.8. The van der Waals surface area contributed by atoms with Crippen LogP contribution >= 0.6 is 0 Å². The number of nitrogens with zero attached hydrogens (tertiary/aromatic N) is 3. The van der Waals surface area contributed by atoms with Crippen molar-refractivity contribution in [3.63, 3.8) is 0 Å². The number of amides is 1. The van der Waals surface area contributed by atoms with Crippen LogP contribution in [0.4, 0.5) is 10.1 Å². The molecule has 0 saturated carbocycles. The SMILES string of the molecule is COC(=O)c1ccc2nnn(OCC(=O)Nc3cccc(F)c3)c2c1. The van der Waals surface area contributed by atoms with Gasteiger partial charge in [-0.15, -0.1) is 5.10 Å². The largest absolute Gasteiger partial charge is 0.465 e. The van der Waals surface area contributed by atoms with Crippen LogP contribution in [0.1, 0.15) is 10.4 Å². The summed E-state index contributed by atoms with van der Waals surface area (Å²) in [5, 5.41) is 10.1. The first-order valence-corrected chi connectivity index (χ1v) is 7.19. The minimum Gasteiger partial charge on any atom is -0.465 e. The Balaban J connectivity index is 1.70. The lowest BCUT2D eigenvalue weighted by molar-refractivity contribution is -0.121. The zero-order valence-corrected chi connectivity index (χ0v) is 13.1. The van der Waals surface area contributed by atoms with E-state index in [4.69, 9.17) is 4.84 Å². The lowest BCUT2D eigenvalue weighted by atomic mass is 10.2. The van der Waals surface area contributed by atoms with Crippen LogP contribution in [0, 0.1) is 5.82 Å². The van der Waals surface area contributed by atoms with E-state index >= 15 is 0 Å². The van der Waals surface area contributed by atoms with Crippen molar-refractivity contribution < 1.29 is 23.6 Å². The number of nitrogens with one attached hydrogen (secondary N) is 1. The fourth-order valence-electron chi connectivity index (χ4n) is 2.12. The molecule has 0 aliphatic carbocycles. The third-order valence-electron chi connectivity index (χ3n) is 3.26. The van der Waals surface area contributed by atoms with Crippen molar-refractivity contribution in [3.8, 4) is 0 Å². The van der Waals surface area contributed by atoms with E-state index in [1.807, 2.05) is 0 Å². The maximum absolute atomic E-state index is 13.1. The van der Waals surface area contributed by atoms with Crippen LogP contribution in [0.15, 0.2) is 42.5 Å². The highest BCUT2D eigenvalue weighted by atomic mass is 19.1. The van der Waals surface area contributed by atoms with Gasteiger partial charge in [-0.25, -0.2) is 9.18 Å². The Morgan fingerprint density at radius 3 is 2.84 bits per heavy atom. The first kappa shape index (κ1) is 16.4. The Bertz CT molecular complexity index is 941. The Kier molecular flexibility index (Phi) is 4.55. The summed E-state index contributed by atoms with van der Waals surface area (Å²) < 4.78 is 17.7. The quantitative estimate of drug-likeness (QED) is 0.704. The Labute approximate surface area is 141 Å². The molecule has 0 unspecified atom stereocenters. The summed E-state index contributed by atoms with van der Waals surface area (Å²) in [7, 11) is 1.27. The molecule has 3 rings (SSSR count). The molecule has 0 saturated heterocycles. The zero-order valence-electron chi connectivity index (χ0n) is 13.1. The molecule has 8 nitrogen and oxygen atoms in total. The van der Waals surface area contributed by atoms with Crippen molar-refractivity contribution in [1.29, 1.82) is 0 Å². The molecule has 1 amide bonds. The lowest BCUT2D eigenvalue weighted by Gasteiger charge is -2.07. The van der Waals surface area contributed by atoms with E-state index in [1.165, 1.54) is 31.4 Å². The average Bonchev–Trinajstić information content (AvgIpc) is 3.01. The van der Waals surface area contributed by atoms with Gasteiger partial charge in [0.05, 0.1) is 12.7 Å². The number of fused-ring (bicyclic) bond motifs is 1. The highest BCUT2D eigenvalue weighted by Crippen LogP contribution is 2.13. The van der Waals surface area contributed by atoms with Gasteiger partial charge in [0.1, 0.15) is 16.9 Å². The molecule has 0 spiro atoms. The molecule has 0 bridgehead atoms. The molecule has 0 aliphatic rings. The van der Waals surface area contributed by atoms with Crippen molar-refractivity contribution in [1.82, 2.24) is 15.2 Å². The van der Waals surface area contributed by atoms with Gasteiger partial charge in [-0.05, 0) is 41.6 Å². The molecule has 128 valence electrons. The molecular weight excluding hydrogens is 331 g/mol. The van der Waals surface area contributed by atoms with Crippen molar-refractivity contribution in [3.05, 3.63) is 53.8 Å². The van der Waals surface area contributed by atoms with Gasteiger partial charge in [0.25, 0.3) is 5.91 Å². The Hall–Kier alpha value is -3.49. The van der Waals surface area contributed by atoms with Crippen LogP contribution in [0.3, 0.4) is 0 Å². The maximum Gasteiger partial charge on any atom is 0.337 e. The third kappa shape index (κ3) is 3.71. The summed E-state index contributed by atoms with van der Waals surface area (Å²) in [6.45, 7) is -0.378. The van der Waals surface area contributed by atoms with Crippen LogP contribution in [0.5, 0.6) is 0 Å². The molecule has 0 radical (unpaired) electrons. The van der Waals surface area contributed by atoms with Crippen LogP contribution in [-0.2, 0) is 9.53 Å². The van der Waals surface area contributed by atoms with Gasteiger partial charge in [-0.3, -0.25) is 4.79 Å². The van der Waals surface area contributed by atoms with E-state index in [1.54, 1.807) is 18.2 Å². The summed E-state index contributed by atoms with van der Waals surface area (Å²) in [5.74, 6) is -1.48. The number of benzene rings is 2. The van der Waals surface area contributed by atoms with Crippen LogP contribution in [0.2, 0.25) is 0 Å². The minimum atomic E-state index is -0.515. The predicted octanol–water partition coefficient (Wildman–Crippen LogP) is 1.42. The van der Waals surface area contributed by atoms with Gasteiger partial charge >= 0.3 is 5.97 Å². The van der Waals surface area contributed by atoms with Crippen molar-refractivity contribution in [2.45, 2.75) is 0 Å². The Morgan fingerprint density at radius 2 is 2.08 bits per heavy atom. The normalized spacial score (nSPS) is 10.5. The number of rotatable bonds is 5. The van der Waals surface area contributed by atoms with Gasteiger partial charge in [0, 0.05) is 5.69 Å². The standard InChI is InChI=1S/C16H13FN4O4/c1-24-16(23)10-5-6-13-14(7-10)21(20-19-13)25-9-15(22)18-12-4-2-3-11(17)8-12/h2-8H,9H2,1H3,(H,18,22). The molecule has 0 atom stereocenters. The van der Waals surface area contributed by atoms with Crippen molar-refractivity contribution in [2.24, 2.45) is 0 Å². The number of carbonyl (C=O) groups excluding carboxylic acids is 2. The van der Waals surface area contributed by atoms with Gasteiger partial charge < -0.3 is 14.9 Å². The molecule has 9 heteroatoms. The number of esters is 1. The molecule has 1 heterocycles. The first-order valence-electron chi connectivity index (χ1n) is 7.19. The highest BCUT2D eigenvalue weighted by molar-refractivity contribution is 5.93. The molecule has 2 aromatic carbocycles. The van der Waals surface area contributed by atoms with Crippen molar-refractivity contribution >= 4 is 28.6 Å². The second-order valence-electron chi connectivity index (χ2n) is 4.99. The number of carbonyl (C=O) groups is 2. The summed E-state index contributed by atoms with van der Waals surface area (Å²) in [4.78, 5) is 29.8. The number of halogens is 1. The second-order valence-corrected chi connectivity index (χ2v) is 4.99. The number of methoxy groups -OCH3 is 1. The van der Waals surface area contributed by atoms with Gasteiger partial charge in [0.15, 0.2) is 6.61 Å². The molecule has 3 aromatic rings. The second kappa shape index (κ2) is 6.95. The summed E-state index contributed by atoms with van der Waals surface area (Å²) in [6.07, 6.45) is 0. The van der Waals surface area contributed by atoms with E-state index in [-0.39, 0.29) is 6.61 Å². The summed E-state index contributed by atoms with van der Waals surface area (Å²) in [6, 6.07) is 10.1. The molecule has 0 aliphatic heterocycles. The maximum atomic E-state index is 13.1. The number of hydrogen-bond acceptors (Lipinski definition) is 6. The van der Waals surface area contributed by atoms with Crippen LogP contribution in [-0.4, -0.2) is 40.8 Å². The van der Waals surface area contributed by atoms with Gasteiger partial charge in [0.2, 0.25) is 0 Å². The fraction of sp³-hybridized carbons (Fsp3) is 0.125. The number of anilines is 1. The summed E-state index contributed by atoms with van der Waals surface area (Å²) in [5.41, 5.74) is 1.50. The third-order valence-corrected chi connectivity index (χ3v) is 3.26. The highest BCUT2D eigenvalue weighted by Gasteiger charge is 2.12. The van der Waals surface area contributed by atoms with Crippen molar-refractivity contribution in [2.75, 3.05) is 19.0 Å². The first-order chi connectivity index (χ1) is 12.1. The van der Waals surface area contributed by atoms with E-state index < -0.39 is 17.7 Å². The van der Waals surface area contributed by atoms with E-state index in [0.29, 0.717) is 22.3 Å². The van der Waals surface area contributed by atoms with E-state index in [2.05, 4.69) is 20.4 Å². The number of hydrogen-bond donors (Lipinski definition) is 1. The predicted molar refractivity (Wildman–Crippen MR) is 85.3 cm³/mol. The molecule has 1 aromatic heterocycles. The van der Waals surface area contributed by atoms with Crippen LogP contribution in [0.25, 0.3) is 11.0 Å². The van der Waals surface area contributed by atoms with Gasteiger partial charge in [-0.2, -0.15) is 0 Å². The molecule has 1 N–H and O–H groups in total. The smallest absolute Gasteiger partial charge is 0.337 e. The fourth-order valence-corrected chi connectivity index (χ4v) is 2.12. The van der Waals surface area contributed by atoms with Crippen LogP contribution < -0.4 is 10.2 Å². The average molecular weight is 344 g/mol.